The normalized spacial score (nSPS) is 10.3. The van der Waals surface area contributed by atoms with Crippen LogP contribution < -0.4 is 10.5 Å². The van der Waals surface area contributed by atoms with Crippen LogP contribution in [-0.4, -0.2) is 4.98 Å². The highest BCUT2D eigenvalue weighted by atomic mass is 16.5. The first-order chi connectivity index (χ1) is 8.06. The van der Waals surface area contributed by atoms with Gasteiger partial charge in [-0.2, -0.15) is 0 Å². The quantitative estimate of drug-likeness (QED) is 0.857. The minimum Gasteiger partial charge on any atom is -0.439 e. The molecule has 2 rings (SSSR count). The molecule has 2 aromatic rings. The number of ether oxygens (including phenoxy) is 1. The third-order valence-electron chi connectivity index (χ3n) is 2.74. The van der Waals surface area contributed by atoms with E-state index in [-0.39, 0.29) is 0 Å². The van der Waals surface area contributed by atoms with E-state index in [2.05, 4.69) is 18.0 Å². The third-order valence-corrected chi connectivity index (χ3v) is 2.74. The Morgan fingerprint density at radius 2 is 1.88 bits per heavy atom. The summed E-state index contributed by atoms with van der Waals surface area (Å²) in [5.74, 6) is 1.36. The van der Waals surface area contributed by atoms with Crippen molar-refractivity contribution in [2.75, 3.05) is 5.73 Å². The number of aryl methyl sites for hydroxylation is 2. The summed E-state index contributed by atoms with van der Waals surface area (Å²) in [6.45, 7) is 6.16. The van der Waals surface area contributed by atoms with Crippen LogP contribution in [0.5, 0.6) is 11.6 Å². The summed E-state index contributed by atoms with van der Waals surface area (Å²) in [6, 6.07) is 7.60. The molecule has 0 radical (unpaired) electrons. The molecule has 2 N–H and O–H groups in total. The Bertz CT molecular complexity index is 550. The Kier molecular flexibility index (Phi) is 3.00. The summed E-state index contributed by atoms with van der Waals surface area (Å²) < 4.78 is 5.76. The lowest BCUT2D eigenvalue weighted by Crippen LogP contribution is -1.94. The second-order valence-electron chi connectivity index (χ2n) is 4.23. The van der Waals surface area contributed by atoms with E-state index in [4.69, 9.17) is 10.5 Å². The molecule has 88 valence electrons. The molecular formula is C14H16N2O. The fourth-order valence-corrected chi connectivity index (χ4v) is 1.70. The Morgan fingerprint density at radius 1 is 1.12 bits per heavy atom. The monoisotopic (exact) mass is 228 g/mol. The number of nitrogens with zero attached hydrogens (tertiary/aromatic N) is 1. The maximum absolute atomic E-state index is 5.76. The number of benzene rings is 1. The highest BCUT2D eigenvalue weighted by Gasteiger charge is 2.06. The summed E-state index contributed by atoms with van der Waals surface area (Å²) in [4.78, 5) is 4.13. The van der Waals surface area contributed by atoms with E-state index >= 15 is 0 Å². The van der Waals surface area contributed by atoms with Gasteiger partial charge in [-0.15, -0.1) is 0 Å². The van der Waals surface area contributed by atoms with Crippen LogP contribution >= 0.6 is 0 Å². The van der Waals surface area contributed by atoms with Crippen molar-refractivity contribution in [2.24, 2.45) is 0 Å². The summed E-state index contributed by atoms with van der Waals surface area (Å²) in [5, 5.41) is 0. The van der Waals surface area contributed by atoms with Crippen molar-refractivity contribution in [3.63, 3.8) is 0 Å². The van der Waals surface area contributed by atoms with Crippen molar-refractivity contribution in [3.05, 3.63) is 47.2 Å². The molecule has 3 nitrogen and oxygen atoms in total. The van der Waals surface area contributed by atoms with E-state index in [1.54, 1.807) is 18.3 Å². The standard InChI is InChI=1S/C14H16N2O/c1-9-6-10(2)11(3)13(7-9)17-14-8-12(15)4-5-16-14/h4-8H,1-3H3,(H2,15,16). The van der Waals surface area contributed by atoms with E-state index in [1.165, 1.54) is 11.1 Å². The number of hydrogen-bond acceptors (Lipinski definition) is 3. The molecule has 1 aromatic heterocycles. The van der Waals surface area contributed by atoms with Crippen molar-refractivity contribution in [1.82, 2.24) is 4.98 Å². The maximum Gasteiger partial charge on any atom is 0.221 e. The third kappa shape index (κ3) is 2.56. The molecule has 0 saturated heterocycles. The molecule has 0 fully saturated rings. The van der Waals surface area contributed by atoms with Crippen LogP contribution in [0.1, 0.15) is 16.7 Å². The van der Waals surface area contributed by atoms with Crippen molar-refractivity contribution in [3.8, 4) is 11.6 Å². The number of nitrogens with two attached hydrogens (primary N) is 1. The van der Waals surface area contributed by atoms with Gasteiger partial charge in [-0.25, -0.2) is 4.98 Å². The second-order valence-corrected chi connectivity index (χ2v) is 4.23. The van der Waals surface area contributed by atoms with Crippen molar-refractivity contribution in [2.45, 2.75) is 20.8 Å². The van der Waals surface area contributed by atoms with Gasteiger partial charge in [0.1, 0.15) is 5.75 Å². The highest BCUT2D eigenvalue weighted by Crippen LogP contribution is 2.27. The summed E-state index contributed by atoms with van der Waals surface area (Å²) in [7, 11) is 0. The Labute approximate surface area is 101 Å². The Hall–Kier alpha value is -2.03. The molecule has 0 saturated carbocycles. The van der Waals surface area contributed by atoms with Gasteiger partial charge in [0, 0.05) is 18.0 Å². The van der Waals surface area contributed by atoms with E-state index in [1.807, 2.05) is 19.9 Å². The molecule has 1 heterocycles. The van der Waals surface area contributed by atoms with Crippen LogP contribution in [0.3, 0.4) is 0 Å². The first-order valence-electron chi connectivity index (χ1n) is 5.53. The van der Waals surface area contributed by atoms with Gasteiger partial charge in [0.2, 0.25) is 5.88 Å². The molecule has 0 atom stereocenters. The highest BCUT2D eigenvalue weighted by molar-refractivity contribution is 5.45. The van der Waals surface area contributed by atoms with Crippen LogP contribution in [0.15, 0.2) is 30.5 Å². The molecular weight excluding hydrogens is 212 g/mol. The van der Waals surface area contributed by atoms with Gasteiger partial charge in [-0.1, -0.05) is 6.07 Å². The van der Waals surface area contributed by atoms with Gasteiger partial charge in [-0.05, 0) is 49.6 Å². The van der Waals surface area contributed by atoms with Gasteiger partial charge in [-0.3, -0.25) is 0 Å². The number of nitrogen functional groups attached to an aromatic ring is 1. The summed E-state index contributed by atoms with van der Waals surface area (Å²) >= 11 is 0. The van der Waals surface area contributed by atoms with Gasteiger partial charge in [0.25, 0.3) is 0 Å². The number of aromatic nitrogens is 1. The van der Waals surface area contributed by atoms with E-state index in [9.17, 15) is 0 Å². The van der Waals surface area contributed by atoms with Crippen LogP contribution in [-0.2, 0) is 0 Å². The number of pyridine rings is 1. The average molecular weight is 228 g/mol. The Morgan fingerprint density at radius 3 is 2.59 bits per heavy atom. The minimum atomic E-state index is 0.526. The first kappa shape index (κ1) is 11.5. The molecule has 0 amide bonds. The Balaban J connectivity index is 2.36. The predicted octanol–water partition coefficient (Wildman–Crippen LogP) is 3.38. The van der Waals surface area contributed by atoms with Crippen LogP contribution in [0.2, 0.25) is 0 Å². The molecule has 0 aliphatic carbocycles. The largest absolute Gasteiger partial charge is 0.439 e. The van der Waals surface area contributed by atoms with Crippen molar-refractivity contribution >= 4 is 5.69 Å². The lowest BCUT2D eigenvalue weighted by molar-refractivity contribution is 0.459. The fourth-order valence-electron chi connectivity index (χ4n) is 1.70. The van der Waals surface area contributed by atoms with Crippen LogP contribution in [0.25, 0.3) is 0 Å². The molecule has 0 aliphatic rings. The number of anilines is 1. The summed E-state index contributed by atoms with van der Waals surface area (Å²) in [6.07, 6.45) is 1.64. The molecule has 17 heavy (non-hydrogen) atoms. The van der Waals surface area contributed by atoms with Crippen LogP contribution in [0.4, 0.5) is 5.69 Å². The zero-order valence-electron chi connectivity index (χ0n) is 10.3. The van der Waals surface area contributed by atoms with E-state index < -0.39 is 0 Å². The second kappa shape index (κ2) is 4.45. The lowest BCUT2D eigenvalue weighted by atomic mass is 10.1. The van der Waals surface area contributed by atoms with E-state index in [0.29, 0.717) is 11.6 Å². The number of rotatable bonds is 2. The summed E-state index contributed by atoms with van der Waals surface area (Å²) in [5.41, 5.74) is 9.85. The zero-order chi connectivity index (χ0) is 12.4. The van der Waals surface area contributed by atoms with E-state index in [0.717, 1.165) is 11.3 Å². The maximum atomic E-state index is 5.76. The fraction of sp³-hybridized carbons (Fsp3) is 0.214. The van der Waals surface area contributed by atoms with Gasteiger partial charge >= 0.3 is 0 Å². The molecule has 0 unspecified atom stereocenters. The molecule has 0 aliphatic heterocycles. The van der Waals surface area contributed by atoms with Crippen molar-refractivity contribution in [1.29, 1.82) is 0 Å². The van der Waals surface area contributed by atoms with Crippen LogP contribution in [0, 0.1) is 20.8 Å². The van der Waals surface area contributed by atoms with Gasteiger partial charge in [0.05, 0.1) is 0 Å². The topological polar surface area (TPSA) is 48.1 Å². The predicted molar refractivity (Wildman–Crippen MR) is 69.4 cm³/mol. The smallest absolute Gasteiger partial charge is 0.221 e. The molecule has 1 aromatic carbocycles. The zero-order valence-corrected chi connectivity index (χ0v) is 10.3. The van der Waals surface area contributed by atoms with Crippen molar-refractivity contribution < 1.29 is 4.74 Å². The van der Waals surface area contributed by atoms with Gasteiger partial charge < -0.3 is 10.5 Å². The molecule has 0 spiro atoms. The molecule has 0 bridgehead atoms. The first-order valence-corrected chi connectivity index (χ1v) is 5.53. The van der Waals surface area contributed by atoms with Gasteiger partial charge in [0.15, 0.2) is 0 Å². The molecule has 3 heteroatoms. The minimum absolute atomic E-state index is 0.526. The average Bonchev–Trinajstić information content (AvgIpc) is 2.25. The number of hydrogen-bond donors (Lipinski definition) is 1. The lowest BCUT2D eigenvalue weighted by Gasteiger charge is -2.11. The SMILES string of the molecule is Cc1cc(C)c(C)c(Oc2cc(N)ccn2)c1.